The van der Waals surface area contributed by atoms with Crippen molar-refractivity contribution in [1.82, 2.24) is 0 Å². The molecule has 0 N–H and O–H groups in total. The van der Waals surface area contributed by atoms with E-state index in [0.717, 1.165) is 16.8 Å². The summed E-state index contributed by atoms with van der Waals surface area (Å²) in [5, 5.41) is 0. The summed E-state index contributed by atoms with van der Waals surface area (Å²) in [7, 11) is 0. The molecule has 29 heavy (non-hydrogen) atoms. The molecule has 5 heteroatoms. The van der Waals surface area contributed by atoms with Crippen LogP contribution in [0, 0.1) is 6.92 Å². The summed E-state index contributed by atoms with van der Waals surface area (Å²) >= 11 is 0. The Hall–Kier alpha value is -3.60. The molecule has 0 aliphatic carbocycles. The number of anilines is 2. The largest absolute Gasteiger partial charge is 0.482 e. The van der Waals surface area contributed by atoms with E-state index in [-0.39, 0.29) is 25.0 Å². The zero-order valence-electron chi connectivity index (χ0n) is 16.2. The molecular weight excluding hydrogens is 364 g/mol. The van der Waals surface area contributed by atoms with Gasteiger partial charge in [-0.25, -0.2) is 0 Å². The molecule has 1 heterocycles. The van der Waals surface area contributed by atoms with E-state index in [1.807, 2.05) is 73.7 Å². The lowest BCUT2D eigenvalue weighted by atomic mass is 10.1. The van der Waals surface area contributed by atoms with Crippen molar-refractivity contribution in [2.45, 2.75) is 13.5 Å². The van der Waals surface area contributed by atoms with Crippen LogP contribution >= 0.6 is 0 Å². The quantitative estimate of drug-likeness (QED) is 0.667. The third-order valence-electron chi connectivity index (χ3n) is 4.93. The first kappa shape index (κ1) is 18.7. The normalized spacial score (nSPS) is 12.9. The van der Waals surface area contributed by atoms with Crippen LogP contribution in [0.15, 0.2) is 78.9 Å². The van der Waals surface area contributed by atoms with Gasteiger partial charge in [-0.2, -0.15) is 0 Å². The zero-order valence-corrected chi connectivity index (χ0v) is 16.2. The Balaban J connectivity index is 1.63. The van der Waals surface area contributed by atoms with Crippen LogP contribution in [0.3, 0.4) is 0 Å². The van der Waals surface area contributed by atoms with Crippen LogP contribution in [0.1, 0.15) is 11.1 Å². The van der Waals surface area contributed by atoms with Gasteiger partial charge in [0, 0.05) is 5.69 Å². The number of carbonyl (C=O) groups is 2. The lowest BCUT2D eigenvalue weighted by molar-refractivity contribution is -0.124. The Kier molecular flexibility index (Phi) is 5.29. The summed E-state index contributed by atoms with van der Waals surface area (Å²) in [5.41, 5.74) is 3.58. The highest BCUT2D eigenvalue weighted by Crippen LogP contribution is 2.31. The first-order valence-corrected chi connectivity index (χ1v) is 9.55. The first-order chi connectivity index (χ1) is 14.1. The second-order valence-corrected chi connectivity index (χ2v) is 7.04. The number of benzene rings is 3. The Morgan fingerprint density at radius 3 is 2.41 bits per heavy atom. The smallest absolute Gasteiger partial charge is 0.265 e. The van der Waals surface area contributed by atoms with Gasteiger partial charge in [-0.15, -0.1) is 0 Å². The molecule has 146 valence electrons. The van der Waals surface area contributed by atoms with E-state index in [9.17, 15) is 9.59 Å². The molecule has 0 bridgehead atoms. The molecular formula is C24H22N2O3. The fraction of sp³-hybridized carbons (Fsp3) is 0.167. The number of fused-ring (bicyclic) bond motifs is 1. The maximum absolute atomic E-state index is 13.3. The van der Waals surface area contributed by atoms with Crippen molar-refractivity contribution >= 4 is 23.2 Å². The van der Waals surface area contributed by atoms with E-state index in [1.54, 1.807) is 17.0 Å². The van der Waals surface area contributed by atoms with E-state index < -0.39 is 0 Å². The highest BCUT2D eigenvalue weighted by Gasteiger charge is 2.29. The molecule has 0 saturated carbocycles. The van der Waals surface area contributed by atoms with Gasteiger partial charge in [-0.3, -0.25) is 14.5 Å². The van der Waals surface area contributed by atoms with Gasteiger partial charge in [0.1, 0.15) is 12.3 Å². The molecule has 5 nitrogen and oxygen atoms in total. The Labute approximate surface area is 170 Å². The Morgan fingerprint density at radius 2 is 1.66 bits per heavy atom. The number of rotatable bonds is 5. The number of amides is 2. The number of aryl methyl sites for hydroxylation is 1. The van der Waals surface area contributed by atoms with Gasteiger partial charge in [0.2, 0.25) is 5.91 Å². The fourth-order valence-corrected chi connectivity index (χ4v) is 3.36. The first-order valence-electron chi connectivity index (χ1n) is 9.55. The van der Waals surface area contributed by atoms with Crippen LogP contribution in [-0.4, -0.2) is 25.0 Å². The van der Waals surface area contributed by atoms with Crippen molar-refractivity contribution < 1.29 is 14.3 Å². The summed E-state index contributed by atoms with van der Waals surface area (Å²) in [6.07, 6.45) is 0. The molecule has 0 spiro atoms. The predicted molar refractivity (Wildman–Crippen MR) is 113 cm³/mol. The Bertz CT molecular complexity index is 1020. The number of carbonyl (C=O) groups excluding carboxylic acids is 2. The minimum Gasteiger partial charge on any atom is -0.482 e. The summed E-state index contributed by atoms with van der Waals surface area (Å²) in [5.74, 6) is 0.244. The lowest BCUT2D eigenvalue weighted by Crippen LogP contribution is -2.46. The van der Waals surface area contributed by atoms with Crippen LogP contribution < -0.4 is 14.5 Å². The molecule has 0 radical (unpaired) electrons. The third-order valence-corrected chi connectivity index (χ3v) is 4.93. The zero-order chi connectivity index (χ0) is 20.2. The van der Waals surface area contributed by atoms with E-state index >= 15 is 0 Å². The molecule has 1 aliphatic heterocycles. The third kappa shape index (κ3) is 4.14. The van der Waals surface area contributed by atoms with Crippen molar-refractivity contribution in [2.75, 3.05) is 23.0 Å². The van der Waals surface area contributed by atoms with Crippen LogP contribution in [0.4, 0.5) is 11.4 Å². The van der Waals surface area contributed by atoms with E-state index in [0.29, 0.717) is 18.0 Å². The monoisotopic (exact) mass is 386 g/mol. The second kappa shape index (κ2) is 8.19. The summed E-state index contributed by atoms with van der Waals surface area (Å²) in [6, 6.07) is 25.0. The molecule has 0 unspecified atom stereocenters. The second-order valence-electron chi connectivity index (χ2n) is 7.04. The summed E-state index contributed by atoms with van der Waals surface area (Å²) < 4.78 is 5.49. The van der Waals surface area contributed by atoms with Crippen molar-refractivity contribution in [3.63, 3.8) is 0 Å². The van der Waals surface area contributed by atoms with Crippen molar-refractivity contribution in [1.29, 1.82) is 0 Å². The number of hydrogen-bond acceptors (Lipinski definition) is 3. The highest BCUT2D eigenvalue weighted by molar-refractivity contribution is 6.05. The molecule has 3 aromatic carbocycles. The molecule has 4 rings (SSSR count). The van der Waals surface area contributed by atoms with Gasteiger partial charge in [-0.1, -0.05) is 60.2 Å². The van der Waals surface area contributed by atoms with Gasteiger partial charge in [0.15, 0.2) is 6.61 Å². The lowest BCUT2D eigenvalue weighted by Gasteiger charge is -2.31. The van der Waals surface area contributed by atoms with Gasteiger partial charge >= 0.3 is 0 Å². The number of nitrogens with zero attached hydrogens (tertiary/aromatic N) is 2. The van der Waals surface area contributed by atoms with Crippen LogP contribution in [-0.2, 0) is 16.1 Å². The van der Waals surface area contributed by atoms with Crippen molar-refractivity contribution in [3.05, 3.63) is 90.0 Å². The summed E-state index contributed by atoms with van der Waals surface area (Å²) in [4.78, 5) is 29.1. The highest BCUT2D eigenvalue weighted by atomic mass is 16.5. The molecule has 1 aliphatic rings. The maximum atomic E-state index is 13.3. The summed E-state index contributed by atoms with van der Waals surface area (Å²) in [6.45, 7) is 2.34. The van der Waals surface area contributed by atoms with Gasteiger partial charge in [0.25, 0.3) is 5.91 Å². The average molecular weight is 386 g/mol. The number of para-hydroxylation sites is 2. The van der Waals surface area contributed by atoms with Gasteiger partial charge in [-0.05, 0) is 36.8 Å². The standard InChI is InChI=1S/C24H22N2O3/c1-18-11-13-20(14-12-18)25(15-19-7-3-2-4-8-19)23(27)16-26-21-9-5-6-10-22(21)29-17-24(26)28/h2-14H,15-17H2,1H3. The van der Waals surface area contributed by atoms with E-state index in [2.05, 4.69) is 0 Å². The molecule has 2 amide bonds. The number of hydrogen-bond donors (Lipinski definition) is 0. The van der Waals surface area contributed by atoms with Crippen LogP contribution in [0.25, 0.3) is 0 Å². The predicted octanol–water partition coefficient (Wildman–Crippen LogP) is 3.95. The minimum absolute atomic E-state index is 0.0417. The van der Waals surface area contributed by atoms with Gasteiger partial charge in [0.05, 0.1) is 12.2 Å². The minimum atomic E-state index is -0.222. The van der Waals surface area contributed by atoms with Gasteiger partial charge < -0.3 is 9.64 Å². The Morgan fingerprint density at radius 1 is 0.966 bits per heavy atom. The number of ether oxygens (including phenoxy) is 1. The van der Waals surface area contributed by atoms with E-state index in [1.165, 1.54) is 4.90 Å². The molecule has 0 aromatic heterocycles. The van der Waals surface area contributed by atoms with Crippen molar-refractivity contribution in [3.8, 4) is 5.75 Å². The molecule has 0 atom stereocenters. The molecule has 0 saturated heterocycles. The molecule has 3 aromatic rings. The average Bonchev–Trinajstić information content (AvgIpc) is 2.75. The van der Waals surface area contributed by atoms with Crippen molar-refractivity contribution in [2.24, 2.45) is 0 Å². The topological polar surface area (TPSA) is 49.9 Å². The maximum Gasteiger partial charge on any atom is 0.265 e. The van der Waals surface area contributed by atoms with Crippen LogP contribution in [0.5, 0.6) is 5.75 Å². The SMILES string of the molecule is Cc1ccc(N(Cc2ccccc2)C(=O)CN2C(=O)COc3ccccc32)cc1. The van der Waals surface area contributed by atoms with E-state index in [4.69, 9.17) is 4.74 Å². The molecule has 0 fully saturated rings. The van der Waals surface area contributed by atoms with Crippen LogP contribution in [0.2, 0.25) is 0 Å². The fourth-order valence-electron chi connectivity index (χ4n) is 3.36.